The van der Waals surface area contributed by atoms with Gasteiger partial charge in [0.2, 0.25) is 6.79 Å². The molecule has 0 fully saturated rings. The number of halogens is 1. The summed E-state index contributed by atoms with van der Waals surface area (Å²) in [6, 6.07) is 17.3. The third-order valence-corrected chi connectivity index (χ3v) is 6.34. The van der Waals surface area contributed by atoms with Crippen molar-refractivity contribution >= 4 is 28.4 Å². The van der Waals surface area contributed by atoms with Crippen LogP contribution < -0.4 is 26.0 Å². The minimum absolute atomic E-state index is 0.0634. The van der Waals surface area contributed by atoms with Crippen molar-refractivity contribution in [3.8, 4) is 11.5 Å². The van der Waals surface area contributed by atoms with Crippen LogP contribution in [0.3, 0.4) is 0 Å². The first kappa shape index (κ1) is 23.4. The van der Waals surface area contributed by atoms with Crippen LogP contribution in [-0.4, -0.2) is 21.8 Å². The van der Waals surface area contributed by atoms with Crippen LogP contribution in [0.1, 0.15) is 21.5 Å². The van der Waals surface area contributed by atoms with E-state index in [9.17, 15) is 14.4 Å². The Morgan fingerprint density at radius 3 is 2.64 bits per heavy atom. The third-order valence-electron chi connectivity index (χ3n) is 5.98. The molecule has 4 aromatic rings. The smallest absolute Gasteiger partial charge is 0.332 e. The fourth-order valence-electron chi connectivity index (χ4n) is 4.13. The van der Waals surface area contributed by atoms with Gasteiger partial charge in [-0.05, 0) is 47.5 Å². The lowest BCUT2D eigenvalue weighted by Gasteiger charge is -2.15. The standard InChI is InChI=1S/C27H22ClN3O5/c1-2-11-30-26(33)20-9-8-18(25(32)29-14-17-7-10-23-24(12-17)36-16-35-23)13-22(20)31(27(30)34)15-19-5-3-4-6-21(19)28/h2-10,12-13H,1,11,14-16H2,(H,29,32). The third kappa shape index (κ3) is 4.38. The highest BCUT2D eigenvalue weighted by atomic mass is 35.5. The van der Waals surface area contributed by atoms with Crippen molar-refractivity contribution in [3.05, 3.63) is 116 Å². The zero-order valence-electron chi connectivity index (χ0n) is 19.2. The molecule has 1 aliphatic rings. The van der Waals surface area contributed by atoms with Crippen molar-refractivity contribution in [2.75, 3.05) is 6.79 Å². The van der Waals surface area contributed by atoms with E-state index in [4.69, 9.17) is 21.1 Å². The van der Waals surface area contributed by atoms with E-state index < -0.39 is 11.2 Å². The van der Waals surface area contributed by atoms with Gasteiger partial charge in [0.05, 0.1) is 17.4 Å². The second-order valence-corrected chi connectivity index (χ2v) is 8.67. The van der Waals surface area contributed by atoms with Gasteiger partial charge >= 0.3 is 5.69 Å². The van der Waals surface area contributed by atoms with Crippen LogP contribution >= 0.6 is 11.6 Å². The number of benzene rings is 3. The summed E-state index contributed by atoms with van der Waals surface area (Å²) in [6.07, 6.45) is 1.49. The van der Waals surface area contributed by atoms with Crippen LogP contribution in [-0.2, 0) is 19.6 Å². The molecular formula is C27H22ClN3O5. The van der Waals surface area contributed by atoms with Gasteiger partial charge in [-0.1, -0.05) is 41.9 Å². The van der Waals surface area contributed by atoms with E-state index in [-0.39, 0.29) is 32.3 Å². The molecule has 0 atom stereocenters. The predicted molar refractivity (Wildman–Crippen MR) is 137 cm³/mol. The summed E-state index contributed by atoms with van der Waals surface area (Å²) in [6.45, 7) is 4.29. The van der Waals surface area contributed by atoms with Crippen molar-refractivity contribution < 1.29 is 14.3 Å². The number of hydrogen-bond donors (Lipinski definition) is 1. The summed E-state index contributed by atoms with van der Waals surface area (Å²) < 4.78 is 13.3. The molecule has 1 aliphatic heterocycles. The molecule has 0 saturated carbocycles. The predicted octanol–water partition coefficient (Wildman–Crippen LogP) is 3.71. The number of rotatable bonds is 7. The number of carbonyl (C=O) groups excluding carboxylic acids is 1. The zero-order valence-corrected chi connectivity index (χ0v) is 20.0. The van der Waals surface area contributed by atoms with E-state index >= 15 is 0 Å². The van der Waals surface area contributed by atoms with Gasteiger partial charge in [0, 0.05) is 23.7 Å². The maximum atomic E-state index is 13.3. The Hall–Kier alpha value is -4.30. The largest absolute Gasteiger partial charge is 0.454 e. The van der Waals surface area contributed by atoms with Gasteiger partial charge < -0.3 is 14.8 Å². The second kappa shape index (κ2) is 9.75. The molecule has 0 spiro atoms. The van der Waals surface area contributed by atoms with E-state index in [2.05, 4.69) is 11.9 Å². The molecule has 3 aromatic carbocycles. The van der Waals surface area contributed by atoms with Crippen molar-refractivity contribution in [1.82, 2.24) is 14.5 Å². The van der Waals surface area contributed by atoms with Gasteiger partial charge in [-0.15, -0.1) is 6.58 Å². The molecule has 1 N–H and O–H groups in total. The number of aromatic nitrogens is 2. The van der Waals surface area contributed by atoms with E-state index in [1.54, 1.807) is 36.4 Å². The molecule has 8 nitrogen and oxygen atoms in total. The van der Waals surface area contributed by atoms with Crippen LogP contribution in [0.15, 0.2) is 82.9 Å². The van der Waals surface area contributed by atoms with E-state index in [0.29, 0.717) is 38.6 Å². The highest BCUT2D eigenvalue weighted by molar-refractivity contribution is 6.31. The molecule has 0 bridgehead atoms. The highest BCUT2D eigenvalue weighted by Gasteiger charge is 2.17. The zero-order chi connectivity index (χ0) is 25.2. The summed E-state index contributed by atoms with van der Waals surface area (Å²) in [5.74, 6) is 0.951. The van der Waals surface area contributed by atoms with Gasteiger partial charge in [-0.3, -0.25) is 18.7 Å². The first-order valence-electron chi connectivity index (χ1n) is 11.2. The van der Waals surface area contributed by atoms with Crippen LogP contribution in [0.5, 0.6) is 11.5 Å². The average Bonchev–Trinajstić information content (AvgIpc) is 3.36. The molecule has 1 amide bonds. The van der Waals surface area contributed by atoms with E-state index in [0.717, 1.165) is 10.1 Å². The summed E-state index contributed by atoms with van der Waals surface area (Å²) >= 11 is 6.35. The Morgan fingerprint density at radius 1 is 1.03 bits per heavy atom. The monoisotopic (exact) mass is 503 g/mol. The number of amides is 1. The van der Waals surface area contributed by atoms with Crippen molar-refractivity contribution in [3.63, 3.8) is 0 Å². The van der Waals surface area contributed by atoms with E-state index in [1.165, 1.54) is 10.6 Å². The van der Waals surface area contributed by atoms with Gasteiger partial charge in [-0.25, -0.2) is 4.79 Å². The Morgan fingerprint density at radius 2 is 1.83 bits per heavy atom. The normalized spacial score (nSPS) is 12.0. The Labute approximate surface area is 211 Å². The van der Waals surface area contributed by atoms with Crippen molar-refractivity contribution in [2.24, 2.45) is 0 Å². The van der Waals surface area contributed by atoms with Crippen LogP contribution in [0, 0.1) is 0 Å². The fourth-order valence-corrected chi connectivity index (χ4v) is 4.33. The van der Waals surface area contributed by atoms with Gasteiger partial charge in [0.15, 0.2) is 11.5 Å². The van der Waals surface area contributed by atoms with Crippen LogP contribution in [0.4, 0.5) is 0 Å². The van der Waals surface area contributed by atoms with Gasteiger partial charge in [0.1, 0.15) is 0 Å². The SMILES string of the molecule is C=CCn1c(=O)c2ccc(C(=O)NCc3ccc4c(c3)OCO4)cc2n(Cc2ccccc2Cl)c1=O. The Kier molecular flexibility index (Phi) is 6.35. The van der Waals surface area contributed by atoms with Gasteiger partial charge in [0.25, 0.3) is 11.5 Å². The number of ether oxygens (including phenoxy) is 2. The summed E-state index contributed by atoms with van der Waals surface area (Å²) in [5.41, 5.74) is 1.26. The molecule has 182 valence electrons. The summed E-state index contributed by atoms with van der Waals surface area (Å²) in [5, 5.41) is 3.68. The number of fused-ring (bicyclic) bond motifs is 2. The summed E-state index contributed by atoms with van der Waals surface area (Å²) in [7, 11) is 0. The molecule has 36 heavy (non-hydrogen) atoms. The number of hydrogen-bond acceptors (Lipinski definition) is 5. The van der Waals surface area contributed by atoms with E-state index in [1.807, 2.05) is 24.3 Å². The molecular weight excluding hydrogens is 482 g/mol. The molecule has 9 heteroatoms. The molecule has 0 saturated heterocycles. The first-order valence-corrected chi connectivity index (χ1v) is 11.6. The number of nitrogens with zero attached hydrogens (tertiary/aromatic N) is 2. The summed E-state index contributed by atoms with van der Waals surface area (Å²) in [4.78, 5) is 39.3. The lowest BCUT2D eigenvalue weighted by Crippen LogP contribution is -2.40. The Bertz CT molecular complexity index is 1620. The maximum Gasteiger partial charge on any atom is 0.332 e. The van der Waals surface area contributed by atoms with Crippen molar-refractivity contribution in [2.45, 2.75) is 19.6 Å². The maximum absolute atomic E-state index is 13.3. The molecule has 2 heterocycles. The minimum Gasteiger partial charge on any atom is -0.454 e. The first-order chi connectivity index (χ1) is 17.5. The minimum atomic E-state index is -0.509. The average molecular weight is 504 g/mol. The fraction of sp³-hybridized carbons (Fsp3) is 0.148. The molecule has 0 unspecified atom stereocenters. The quantitative estimate of drug-likeness (QED) is 0.388. The lowest BCUT2D eigenvalue weighted by molar-refractivity contribution is 0.0951. The van der Waals surface area contributed by atoms with Crippen molar-refractivity contribution in [1.29, 1.82) is 0 Å². The lowest BCUT2D eigenvalue weighted by atomic mass is 10.1. The number of nitrogens with one attached hydrogen (secondary N) is 1. The second-order valence-electron chi connectivity index (χ2n) is 8.27. The molecule has 5 rings (SSSR count). The highest BCUT2D eigenvalue weighted by Crippen LogP contribution is 2.32. The Balaban J connectivity index is 1.51. The topological polar surface area (TPSA) is 91.6 Å². The number of allylic oxidation sites excluding steroid dienone is 1. The van der Waals surface area contributed by atoms with Gasteiger partial charge in [-0.2, -0.15) is 0 Å². The van der Waals surface area contributed by atoms with Crippen LogP contribution in [0.25, 0.3) is 10.9 Å². The molecule has 0 radical (unpaired) electrons. The molecule has 1 aromatic heterocycles. The molecule has 0 aliphatic carbocycles. The van der Waals surface area contributed by atoms with Crippen LogP contribution in [0.2, 0.25) is 5.02 Å². The number of carbonyl (C=O) groups is 1.